The molecule has 23 heavy (non-hydrogen) atoms. The van der Waals surface area contributed by atoms with Gasteiger partial charge in [-0.25, -0.2) is 4.39 Å². The summed E-state index contributed by atoms with van der Waals surface area (Å²) in [4.78, 5) is 26.5. The molecule has 1 fully saturated rings. The molecular weight excluding hydrogens is 319 g/mol. The van der Waals surface area contributed by atoms with Crippen LogP contribution in [0.2, 0.25) is 0 Å². The topological polar surface area (TPSA) is 63.4 Å². The van der Waals surface area contributed by atoms with Crippen LogP contribution in [0.5, 0.6) is 0 Å². The number of Topliss-reactive ketones (excluding diaryl/α,β-unsaturated/α-hetero) is 1. The third-order valence-electron chi connectivity index (χ3n) is 4.26. The second-order valence-electron chi connectivity index (χ2n) is 5.95. The number of rotatable bonds is 5. The van der Waals surface area contributed by atoms with E-state index in [-0.39, 0.29) is 36.6 Å². The lowest BCUT2D eigenvalue weighted by atomic mass is 9.94. The zero-order chi connectivity index (χ0) is 16.1. The smallest absolute Gasteiger partial charge is 0.223 e. The summed E-state index contributed by atoms with van der Waals surface area (Å²) in [6, 6.07) is 5.68. The van der Waals surface area contributed by atoms with Crippen molar-refractivity contribution >= 4 is 24.1 Å². The molecule has 2 N–H and O–H groups in total. The van der Waals surface area contributed by atoms with Crippen LogP contribution >= 0.6 is 12.4 Å². The molecule has 0 aliphatic carbocycles. The first-order chi connectivity index (χ1) is 10.5. The van der Waals surface area contributed by atoms with Gasteiger partial charge >= 0.3 is 0 Å². The van der Waals surface area contributed by atoms with Gasteiger partial charge in [-0.2, -0.15) is 0 Å². The van der Waals surface area contributed by atoms with E-state index in [0.29, 0.717) is 18.7 Å². The van der Waals surface area contributed by atoms with E-state index in [9.17, 15) is 14.0 Å². The summed E-state index contributed by atoms with van der Waals surface area (Å²) in [7, 11) is 0. The molecule has 2 atom stereocenters. The van der Waals surface area contributed by atoms with Crippen molar-refractivity contribution in [2.75, 3.05) is 13.1 Å². The van der Waals surface area contributed by atoms with Gasteiger partial charge in [-0.05, 0) is 31.4 Å². The van der Waals surface area contributed by atoms with E-state index in [1.54, 1.807) is 17.9 Å². The average Bonchev–Trinajstić information content (AvgIpc) is 2.53. The van der Waals surface area contributed by atoms with Crippen LogP contribution in [-0.2, 0) is 4.79 Å². The maximum Gasteiger partial charge on any atom is 0.223 e. The molecule has 0 aromatic heterocycles. The van der Waals surface area contributed by atoms with Crippen molar-refractivity contribution in [3.8, 4) is 0 Å². The summed E-state index contributed by atoms with van der Waals surface area (Å²) in [5, 5.41) is 0. The van der Waals surface area contributed by atoms with Crippen LogP contribution < -0.4 is 5.73 Å². The highest BCUT2D eigenvalue weighted by Crippen LogP contribution is 2.20. The molecular formula is C17H24ClFN2O2. The fourth-order valence-electron chi connectivity index (χ4n) is 2.97. The van der Waals surface area contributed by atoms with Crippen LogP contribution in [0, 0.1) is 11.7 Å². The van der Waals surface area contributed by atoms with Crippen molar-refractivity contribution in [3.05, 3.63) is 35.6 Å². The van der Waals surface area contributed by atoms with Gasteiger partial charge in [-0.1, -0.05) is 19.1 Å². The van der Waals surface area contributed by atoms with E-state index in [0.717, 1.165) is 19.3 Å². The fourth-order valence-corrected chi connectivity index (χ4v) is 2.97. The van der Waals surface area contributed by atoms with E-state index in [2.05, 4.69) is 0 Å². The number of nitrogens with two attached hydrogens (primary N) is 1. The third-order valence-corrected chi connectivity index (χ3v) is 4.26. The first-order valence-electron chi connectivity index (χ1n) is 7.82. The molecule has 4 nitrogen and oxygen atoms in total. The summed E-state index contributed by atoms with van der Waals surface area (Å²) in [5.74, 6) is -1.14. The first kappa shape index (κ1) is 19.6. The highest BCUT2D eigenvalue weighted by atomic mass is 35.5. The number of ketones is 1. The second-order valence-corrected chi connectivity index (χ2v) is 5.95. The minimum absolute atomic E-state index is 0. The van der Waals surface area contributed by atoms with Gasteiger partial charge in [0.2, 0.25) is 5.91 Å². The molecule has 1 aromatic carbocycles. The lowest BCUT2D eigenvalue weighted by molar-refractivity contribution is -0.135. The number of halogens is 2. The van der Waals surface area contributed by atoms with E-state index < -0.39 is 11.7 Å². The SMILES string of the molecule is CC(CC(=O)N1CCCCC1CN)C(=O)c1cccc(F)c1.Cl. The number of hydrogen-bond acceptors (Lipinski definition) is 3. The Bertz CT molecular complexity index is 553. The van der Waals surface area contributed by atoms with Crippen molar-refractivity contribution in [2.24, 2.45) is 11.7 Å². The van der Waals surface area contributed by atoms with Gasteiger partial charge in [-0.3, -0.25) is 9.59 Å². The Morgan fingerprint density at radius 2 is 2.13 bits per heavy atom. The maximum atomic E-state index is 13.2. The minimum atomic E-state index is -0.463. The molecule has 2 unspecified atom stereocenters. The van der Waals surface area contributed by atoms with E-state index in [1.165, 1.54) is 18.2 Å². The molecule has 0 bridgehead atoms. The van der Waals surface area contributed by atoms with Crippen LogP contribution in [0.4, 0.5) is 4.39 Å². The highest BCUT2D eigenvalue weighted by Gasteiger charge is 2.28. The van der Waals surface area contributed by atoms with E-state index in [4.69, 9.17) is 5.73 Å². The maximum absolute atomic E-state index is 13.2. The Morgan fingerprint density at radius 1 is 1.39 bits per heavy atom. The molecule has 1 aliphatic rings. The normalized spacial score (nSPS) is 18.9. The van der Waals surface area contributed by atoms with Gasteiger partial charge in [0.25, 0.3) is 0 Å². The van der Waals surface area contributed by atoms with Crippen molar-refractivity contribution < 1.29 is 14.0 Å². The number of nitrogens with zero attached hydrogens (tertiary/aromatic N) is 1. The van der Waals surface area contributed by atoms with Gasteiger partial charge in [-0.15, -0.1) is 12.4 Å². The predicted octanol–water partition coefficient (Wildman–Crippen LogP) is 2.80. The quantitative estimate of drug-likeness (QED) is 0.837. The molecule has 0 saturated carbocycles. The number of carbonyl (C=O) groups excluding carboxylic acids is 2. The van der Waals surface area contributed by atoms with Crippen molar-refractivity contribution in [3.63, 3.8) is 0 Å². The molecule has 128 valence electrons. The average molecular weight is 343 g/mol. The Morgan fingerprint density at radius 3 is 2.78 bits per heavy atom. The van der Waals surface area contributed by atoms with Crippen LogP contribution in [-0.4, -0.2) is 35.7 Å². The van der Waals surface area contributed by atoms with Gasteiger partial charge in [0, 0.05) is 37.0 Å². The summed E-state index contributed by atoms with van der Waals surface area (Å²) >= 11 is 0. The molecule has 1 aromatic rings. The van der Waals surface area contributed by atoms with Crippen molar-refractivity contribution in [2.45, 2.75) is 38.6 Å². The molecule has 1 amide bonds. The van der Waals surface area contributed by atoms with E-state index >= 15 is 0 Å². The largest absolute Gasteiger partial charge is 0.338 e. The summed E-state index contributed by atoms with van der Waals surface area (Å²) in [5.41, 5.74) is 6.04. The van der Waals surface area contributed by atoms with Crippen molar-refractivity contribution in [1.29, 1.82) is 0 Å². The number of benzene rings is 1. The zero-order valence-corrected chi connectivity index (χ0v) is 14.2. The first-order valence-corrected chi connectivity index (χ1v) is 7.82. The summed E-state index contributed by atoms with van der Waals surface area (Å²) in [6.07, 6.45) is 3.14. The molecule has 2 rings (SSSR count). The fraction of sp³-hybridized carbons (Fsp3) is 0.529. The minimum Gasteiger partial charge on any atom is -0.338 e. The molecule has 0 spiro atoms. The van der Waals surface area contributed by atoms with Crippen LogP contribution in [0.3, 0.4) is 0 Å². The van der Waals surface area contributed by atoms with Gasteiger partial charge in [0.05, 0.1) is 0 Å². The molecule has 1 aliphatic heterocycles. The van der Waals surface area contributed by atoms with E-state index in [1.807, 2.05) is 0 Å². The number of amides is 1. The standard InChI is InChI=1S/C17H23FN2O2.ClH/c1-12(17(22)13-5-4-6-14(18)10-13)9-16(21)20-8-3-2-7-15(20)11-19;/h4-6,10,12,15H,2-3,7-9,11,19H2,1H3;1H. The molecule has 1 saturated heterocycles. The van der Waals surface area contributed by atoms with Gasteiger partial charge in [0.15, 0.2) is 5.78 Å². The van der Waals surface area contributed by atoms with Crippen LogP contribution in [0.1, 0.15) is 43.0 Å². The molecule has 0 radical (unpaired) electrons. The second kappa shape index (κ2) is 8.99. The number of carbonyl (C=O) groups is 2. The van der Waals surface area contributed by atoms with Crippen LogP contribution in [0.25, 0.3) is 0 Å². The Kier molecular flexibility index (Phi) is 7.65. The van der Waals surface area contributed by atoms with Gasteiger partial charge < -0.3 is 10.6 Å². The number of piperidine rings is 1. The highest BCUT2D eigenvalue weighted by molar-refractivity contribution is 5.99. The molecule has 6 heteroatoms. The molecule has 1 heterocycles. The zero-order valence-electron chi connectivity index (χ0n) is 13.3. The summed E-state index contributed by atoms with van der Waals surface area (Å²) in [6.45, 7) is 2.88. The lowest BCUT2D eigenvalue weighted by Gasteiger charge is -2.35. The Labute approximate surface area is 142 Å². The third kappa shape index (κ3) is 5.01. The summed E-state index contributed by atoms with van der Waals surface area (Å²) < 4.78 is 13.2. The Balaban J connectivity index is 0.00000264. The lowest BCUT2D eigenvalue weighted by Crippen LogP contribution is -2.48. The van der Waals surface area contributed by atoms with Crippen molar-refractivity contribution in [1.82, 2.24) is 4.90 Å². The number of likely N-dealkylation sites (tertiary alicyclic amines) is 1. The predicted molar refractivity (Wildman–Crippen MR) is 90.2 cm³/mol. The number of hydrogen-bond donors (Lipinski definition) is 1. The van der Waals surface area contributed by atoms with Crippen LogP contribution in [0.15, 0.2) is 24.3 Å². The Hall–Kier alpha value is -1.46. The van der Waals surface area contributed by atoms with Gasteiger partial charge in [0.1, 0.15) is 5.82 Å². The monoisotopic (exact) mass is 342 g/mol.